The van der Waals surface area contributed by atoms with Crippen LogP contribution >= 0.6 is 0 Å². The van der Waals surface area contributed by atoms with Gasteiger partial charge in [0.2, 0.25) is 0 Å². The number of nitro benzene ring substituents is 1. The lowest BCUT2D eigenvalue weighted by atomic mass is 10.2. The van der Waals surface area contributed by atoms with Crippen molar-refractivity contribution in [2.45, 2.75) is 13.2 Å². The summed E-state index contributed by atoms with van der Waals surface area (Å²) in [6.07, 6.45) is 1.71. The van der Waals surface area contributed by atoms with E-state index >= 15 is 0 Å². The molecule has 3 aromatic rings. The van der Waals surface area contributed by atoms with E-state index in [4.69, 9.17) is 0 Å². The highest BCUT2D eigenvalue weighted by molar-refractivity contribution is 5.91. The van der Waals surface area contributed by atoms with Gasteiger partial charge in [0.25, 0.3) is 5.69 Å². The monoisotopic (exact) mass is 378 g/mol. The van der Waals surface area contributed by atoms with Crippen molar-refractivity contribution in [3.8, 4) is 5.75 Å². The first kappa shape index (κ1) is 18.0. The third kappa shape index (κ3) is 4.23. The second-order valence-corrected chi connectivity index (χ2v) is 5.17. The normalized spacial score (nSPS) is 10.8. The number of ether oxygens (including phenoxy) is 1. The standard InChI is InChI=1S/C15H12F2N6O4/c16-14(17)27-11-5-4-9(23(25)26)7-10(11)19-15(24)18-8-13-21-20-12-3-1-2-6-22(12)13/h1-7,14H,8H2,(H2,18,19,24). The summed E-state index contributed by atoms with van der Waals surface area (Å²) in [5.74, 6) is 0.0301. The molecular formula is C15H12F2N6O4. The maximum atomic E-state index is 12.5. The number of nitrogens with zero attached hydrogens (tertiary/aromatic N) is 4. The number of nitrogens with one attached hydrogen (secondary N) is 2. The Balaban J connectivity index is 1.72. The van der Waals surface area contributed by atoms with Crippen LogP contribution in [0.5, 0.6) is 5.75 Å². The summed E-state index contributed by atoms with van der Waals surface area (Å²) >= 11 is 0. The molecule has 0 unspecified atom stereocenters. The number of alkyl halides is 2. The molecule has 2 heterocycles. The van der Waals surface area contributed by atoms with Crippen molar-refractivity contribution in [3.63, 3.8) is 0 Å². The van der Waals surface area contributed by atoms with E-state index in [9.17, 15) is 23.7 Å². The van der Waals surface area contributed by atoms with Crippen LogP contribution in [0.4, 0.5) is 25.0 Å². The van der Waals surface area contributed by atoms with Crippen molar-refractivity contribution in [2.24, 2.45) is 0 Å². The number of hydrogen-bond donors (Lipinski definition) is 2. The number of pyridine rings is 1. The lowest BCUT2D eigenvalue weighted by molar-refractivity contribution is -0.384. The zero-order valence-corrected chi connectivity index (χ0v) is 13.5. The van der Waals surface area contributed by atoms with Crippen LogP contribution in [0.1, 0.15) is 5.82 Å². The minimum atomic E-state index is -3.16. The van der Waals surface area contributed by atoms with Crippen LogP contribution in [0.3, 0.4) is 0 Å². The number of urea groups is 1. The number of fused-ring (bicyclic) bond motifs is 1. The summed E-state index contributed by atoms with van der Waals surface area (Å²) in [5, 5.41) is 23.4. The van der Waals surface area contributed by atoms with Gasteiger partial charge < -0.3 is 15.4 Å². The summed E-state index contributed by atoms with van der Waals surface area (Å²) in [5.41, 5.74) is -0.0792. The lowest BCUT2D eigenvalue weighted by Crippen LogP contribution is -2.29. The van der Waals surface area contributed by atoms with Gasteiger partial charge in [0.15, 0.2) is 11.5 Å². The van der Waals surface area contributed by atoms with E-state index in [1.807, 2.05) is 0 Å². The topological polar surface area (TPSA) is 124 Å². The molecule has 0 aliphatic rings. The highest BCUT2D eigenvalue weighted by Gasteiger charge is 2.17. The van der Waals surface area contributed by atoms with Gasteiger partial charge in [0, 0.05) is 18.3 Å². The predicted molar refractivity (Wildman–Crippen MR) is 88.6 cm³/mol. The number of carbonyl (C=O) groups excluding carboxylic acids is 1. The van der Waals surface area contributed by atoms with Gasteiger partial charge in [-0.25, -0.2) is 4.79 Å². The van der Waals surface area contributed by atoms with Crippen molar-refractivity contribution >= 4 is 23.1 Å². The fraction of sp³-hybridized carbons (Fsp3) is 0.133. The number of non-ortho nitro benzene ring substituents is 1. The maximum absolute atomic E-state index is 12.5. The van der Waals surface area contributed by atoms with E-state index in [1.165, 1.54) is 0 Å². The minimum Gasteiger partial charge on any atom is -0.433 e. The summed E-state index contributed by atoms with van der Waals surface area (Å²) in [4.78, 5) is 22.2. The van der Waals surface area contributed by atoms with E-state index in [-0.39, 0.29) is 12.2 Å². The third-order valence-corrected chi connectivity index (χ3v) is 3.43. The predicted octanol–water partition coefficient (Wildman–Crippen LogP) is 2.56. The van der Waals surface area contributed by atoms with Crippen LogP contribution in [0, 0.1) is 10.1 Å². The molecule has 0 saturated heterocycles. The average Bonchev–Trinajstić information content (AvgIpc) is 3.04. The molecule has 140 valence electrons. The first-order valence-corrected chi connectivity index (χ1v) is 7.51. The largest absolute Gasteiger partial charge is 0.433 e. The van der Waals surface area contributed by atoms with Crippen molar-refractivity contribution in [2.75, 3.05) is 5.32 Å². The van der Waals surface area contributed by atoms with Gasteiger partial charge in [-0.3, -0.25) is 14.5 Å². The van der Waals surface area contributed by atoms with Crippen LogP contribution in [0.25, 0.3) is 5.65 Å². The number of rotatable bonds is 6. The van der Waals surface area contributed by atoms with Crippen molar-refractivity contribution in [1.29, 1.82) is 0 Å². The zero-order chi connectivity index (χ0) is 19.4. The van der Waals surface area contributed by atoms with Gasteiger partial charge in [-0.1, -0.05) is 6.07 Å². The molecule has 12 heteroatoms. The number of hydrogen-bond acceptors (Lipinski definition) is 6. The molecule has 0 spiro atoms. The number of carbonyl (C=O) groups is 1. The molecule has 10 nitrogen and oxygen atoms in total. The second kappa shape index (κ2) is 7.59. The first-order valence-electron chi connectivity index (χ1n) is 7.51. The molecule has 2 N–H and O–H groups in total. The Morgan fingerprint density at radius 2 is 2.11 bits per heavy atom. The fourth-order valence-corrected chi connectivity index (χ4v) is 2.27. The quantitative estimate of drug-likeness (QED) is 0.502. The van der Waals surface area contributed by atoms with E-state index in [2.05, 4.69) is 25.6 Å². The smallest absolute Gasteiger partial charge is 0.387 e. The van der Waals surface area contributed by atoms with Gasteiger partial charge in [-0.05, 0) is 18.2 Å². The Labute approximate surface area is 149 Å². The zero-order valence-electron chi connectivity index (χ0n) is 13.5. The van der Waals surface area contributed by atoms with Crippen molar-refractivity contribution < 1.29 is 23.2 Å². The number of benzene rings is 1. The molecule has 1 aromatic carbocycles. The van der Waals surface area contributed by atoms with Crippen molar-refractivity contribution in [1.82, 2.24) is 19.9 Å². The molecule has 3 rings (SSSR count). The van der Waals surface area contributed by atoms with Gasteiger partial charge >= 0.3 is 12.6 Å². The molecule has 0 radical (unpaired) electrons. The maximum Gasteiger partial charge on any atom is 0.387 e. The Kier molecular flexibility index (Phi) is 5.06. The molecule has 27 heavy (non-hydrogen) atoms. The van der Waals surface area contributed by atoms with E-state index in [1.54, 1.807) is 28.8 Å². The Bertz CT molecular complexity index is 993. The van der Waals surface area contributed by atoms with Crippen LogP contribution in [0.15, 0.2) is 42.6 Å². The molecule has 0 bridgehead atoms. The number of amides is 2. The molecular weight excluding hydrogens is 366 g/mol. The molecule has 2 aromatic heterocycles. The van der Waals surface area contributed by atoms with Gasteiger partial charge in [0.1, 0.15) is 5.75 Å². The van der Waals surface area contributed by atoms with E-state index in [0.717, 1.165) is 18.2 Å². The molecule has 0 aliphatic heterocycles. The van der Waals surface area contributed by atoms with E-state index < -0.39 is 29.0 Å². The van der Waals surface area contributed by atoms with Gasteiger partial charge in [-0.15, -0.1) is 10.2 Å². The minimum absolute atomic E-state index is 0.0169. The Morgan fingerprint density at radius 1 is 1.30 bits per heavy atom. The summed E-state index contributed by atoms with van der Waals surface area (Å²) in [7, 11) is 0. The highest BCUT2D eigenvalue weighted by atomic mass is 19.3. The van der Waals surface area contributed by atoms with Gasteiger partial charge in [-0.2, -0.15) is 8.78 Å². The summed E-state index contributed by atoms with van der Waals surface area (Å²) in [6, 6.07) is 7.37. The van der Waals surface area contributed by atoms with Crippen molar-refractivity contribution in [3.05, 3.63) is 58.5 Å². The fourth-order valence-electron chi connectivity index (χ4n) is 2.27. The SMILES string of the molecule is O=C(NCc1nnc2ccccn12)Nc1cc([N+](=O)[O-])ccc1OC(F)F. The number of anilines is 1. The number of halogens is 2. The molecule has 2 amide bonds. The second-order valence-electron chi connectivity index (χ2n) is 5.17. The number of nitro groups is 1. The molecule has 0 atom stereocenters. The summed E-state index contributed by atoms with van der Waals surface area (Å²) in [6.45, 7) is -3.17. The number of aromatic nitrogens is 3. The molecule has 0 aliphatic carbocycles. The lowest BCUT2D eigenvalue weighted by Gasteiger charge is -2.12. The Hall–Kier alpha value is -3.83. The highest BCUT2D eigenvalue weighted by Crippen LogP contribution is 2.30. The average molecular weight is 378 g/mol. The molecule has 0 fully saturated rings. The van der Waals surface area contributed by atoms with Crippen LogP contribution in [-0.2, 0) is 6.54 Å². The summed E-state index contributed by atoms with van der Waals surface area (Å²) < 4.78 is 30.9. The van der Waals surface area contributed by atoms with Crippen LogP contribution in [0.2, 0.25) is 0 Å². The molecule has 0 saturated carbocycles. The first-order chi connectivity index (χ1) is 12.9. The van der Waals surface area contributed by atoms with Crippen LogP contribution < -0.4 is 15.4 Å². The third-order valence-electron chi connectivity index (χ3n) is 3.43. The Morgan fingerprint density at radius 3 is 2.85 bits per heavy atom. The van der Waals surface area contributed by atoms with Gasteiger partial charge in [0.05, 0.1) is 17.2 Å². The van der Waals surface area contributed by atoms with E-state index in [0.29, 0.717) is 11.5 Å². The van der Waals surface area contributed by atoms with Crippen LogP contribution in [-0.4, -0.2) is 32.2 Å².